The minimum absolute atomic E-state index is 0.0786. The molecule has 1 atom stereocenters. The number of carbonyl (C=O) groups is 1. The largest absolute Gasteiger partial charge is 0.464 e. The van der Waals surface area contributed by atoms with E-state index in [-0.39, 0.29) is 24.3 Å². The molecule has 1 unspecified atom stereocenters. The maximum Gasteiger partial charge on any atom is 0.339 e. The van der Waals surface area contributed by atoms with Crippen LogP contribution >= 0.6 is 0 Å². The van der Waals surface area contributed by atoms with Crippen LogP contribution in [0.2, 0.25) is 0 Å². The van der Waals surface area contributed by atoms with E-state index in [1.807, 2.05) is 0 Å². The predicted octanol–water partition coefficient (Wildman–Crippen LogP) is 1.57. The zero-order chi connectivity index (χ0) is 12.8. The Bertz CT molecular complexity index is 392. The van der Waals surface area contributed by atoms with E-state index in [0.29, 0.717) is 0 Å². The molecule has 0 saturated heterocycles. The Morgan fingerprint density at radius 3 is 2.82 bits per heavy atom. The number of halogens is 1. The Hall–Kier alpha value is -1.46. The summed E-state index contributed by atoms with van der Waals surface area (Å²) in [6.07, 6.45) is -1.60. The van der Waals surface area contributed by atoms with E-state index >= 15 is 0 Å². The number of carbonyl (C=O) groups excluding carboxylic acids is 1. The number of hydrogen-bond donors (Lipinski definition) is 1. The van der Waals surface area contributed by atoms with Gasteiger partial charge in [0.15, 0.2) is 6.10 Å². The summed E-state index contributed by atoms with van der Waals surface area (Å²) in [5.74, 6) is -1.50. The first-order chi connectivity index (χ1) is 8.11. The first kappa shape index (κ1) is 13.6. The molecular formula is C12H15FO4. The second kappa shape index (κ2) is 6.32. The zero-order valence-corrected chi connectivity index (χ0v) is 9.77. The van der Waals surface area contributed by atoms with Gasteiger partial charge in [0, 0.05) is 18.2 Å². The number of rotatable bonds is 5. The summed E-state index contributed by atoms with van der Waals surface area (Å²) < 4.78 is 23.3. The first-order valence-electron chi connectivity index (χ1n) is 5.22. The highest BCUT2D eigenvalue weighted by Gasteiger charge is 2.23. The fourth-order valence-corrected chi connectivity index (χ4v) is 1.43. The molecule has 0 amide bonds. The van der Waals surface area contributed by atoms with Crippen molar-refractivity contribution in [3.05, 3.63) is 35.1 Å². The Balaban J connectivity index is 2.97. The Labute approximate surface area is 99.0 Å². The average Bonchev–Trinajstić information content (AvgIpc) is 2.31. The van der Waals surface area contributed by atoms with Crippen LogP contribution in [0.5, 0.6) is 0 Å². The molecule has 0 bridgehead atoms. The molecule has 0 heterocycles. The van der Waals surface area contributed by atoms with Crippen LogP contribution in [-0.2, 0) is 20.9 Å². The van der Waals surface area contributed by atoms with Crippen LogP contribution in [-0.4, -0.2) is 24.8 Å². The minimum Gasteiger partial charge on any atom is -0.464 e. The fourth-order valence-electron chi connectivity index (χ4n) is 1.43. The van der Waals surface area contributed by atoms with Crippen LogP contribution in [0.3, 0.4) is 0 Å². The van der Waals surface area contributed by atoms with E-state index < -0.39 is 17.9 Å². The molecule has 17 heavy (non-hydrogen) atoms. The summed E-state index contributed by atoms with van der Waals surface area (Å²) in [5, 5.41) is 9.64. The average molecular weight is 242 g/mol. The predicted molar refractivity (Wildman–Crippen MR) is 58.7 cm³/mol. The van der Waals surface area contributed by atoms with Gasteiger partial charge in [-0.05, 0) is 6.92 Å². The molecule has 0 radical (unpaired) electrons. The summed E-state index contributed by atoms with van der Waals surface area (Å²) in [6.45, 7) is 1.83. The van der Waals surface area contributed by atoms with Crippen molar-refractivity contribution in [2.75, 3.05) is 13.7 Å². The number of methoxy groups -OCH3 is 1. The van der Waals surface area contributed by atoms with E-state index in [4.69, 9.17) is 4.74 Å². The lowest BCUT2D eigenvalue weighted by molar-refractivity contribution is -0.153. The second-order valence-corrected chi connectivity index (χ2v) is 3.41. The molecule has 0 saturated carbocycles. The van der Waals surface area contributed by atoms with E-state index in [2.05, 4.69) is 4.74 Å². The van der Waals surface area contributed by atoms with Gasteiger partial charge in [-0.15, -0.1) is 0 Å². The molecule has 0 aliphatic carbocycles. The topological polar surface area (TPSA) is 55.8 Å². The smallest absolute Gasteiger partial charge is 0.339 e. The monoisotopic (exact) mass is 242 g/mol. The molecule has 0 aliphatic heterocycles. The third-order valence-electron chi connectivity index (χ3n) is 2.21. The zero-order valence-electron chi connectivity index (χ0n) is 9.77. The normalized spacial score (nSPS) is 12.2. The third-order valence-corrected chi connectivity index (χ3v) is 2.21. The molecule has 4 nitrogen and oxygen atoms in total. The summed E-state index contributed by atoms with van der Waals surface area (Å²) in [4.78, 5) is 11.3. The van der Waals surface area contributed by atoms with Gasteiger partial charge in [0.05, 0.1) is 13.2 Å². The molecule has 0 spiro atoms. The van der Waals surface area contributed by atoms with E-state index in [0.717, 1.165) is 0 Å². The Morgan fingerprint density at radius 1 is 1.53 bits per heavy atom. The van der Waals surface area contributed by atoms with Crippen molar-refractivity contribution in [2.45, 2.75) is 19.6 Å². The fraction of sp³-hybridized carbons (Fsp3) is 0.417. The van der Waals surface area contributed by atoms with Gasteiger partial charge in [-0.1, -0.05) is 18.2 Å². The molecular weight excluding hydrogens is 227 g/mol. The van der Waals surface area contributed by atoms with Crippen LogP contribution in [0.1, 0.15) is 24.2 Å². The molecule has 5 heteroatoms. The van der Waals surface area contributed by atoms with Crippen molar-refractivity contribution < 1.29 is 23.8 Å². The highest BCUT2D eigenvalue weighted by Crippen LogP contribution is 2.21. The number of hydrogen-bond acceptors (Lipinski definition) is 4. The Kier molecular flexibility index (Phi) is 5.06. The Morgan fingerprint density at radius 2 is 2.24 bits per heavy atom. The van der Waals surface area contributed by atoms with E-state index in [1.165, 1.54) is 19.2 Å². The van der Waals surface area contributed by atoms with Crippen molar-refractivity contribution >= 4 is 5.97 Å². The van der Waals surface area contributed by atoms with Crippen molar-refractivity contribution in [3.8, 4) is 0 Å². The summed E-state index contributed by atoms with van der Waals surface area (Å²) >= 11 is 0. The van der Waals surface area contributed by atoms with Gasteiger partial charge in [-0.2, -0.15) is 0 Å². The van der Waals surface area contributed by atoms with Crippen molar-refractivity contribution in [1.29, 1.82) is 0 Å². The first-order valence-corrected chi connectivity index (χ1v) is 5.22. The van der Waals surface area contributed by atoms with Gasteiger partial charge < -0.3 is 14.6 Å². The lowest BCUT2D eigenvalue weighted by atomic mass is 10.1. The highest BCUT2D eigenvalue weighted by molar-refractivity contribution is 5.76. The minimum atomic E-state index is -1.60. The standard InChI is InChI=1S/C12H15FO4/c1-3-17-12(15)11(14)9-6-4-5-8(7-16-2)10(9)13/h4-6,11,14H,3,7H2,1-2H3. The maximum absolute atomic E-state index is 13.9. The lowest BCUT2D eigenvalue weighted by Crippen LogP contribution is -2.17. The van der Waals surface area contributed by atoms with Gasteiger partial charge >= 0.3 is 5.97 Å². The summed E-state index contributed by atoms with van der Waals surface area (Å²) in [7, 11) is 1.44. The molecule has 0 aliphatic rings. The van der Waals surface area contributed by atoms with E-state index in [1.54, 1.807) is 13.0 Å². The molecule has 1 aromatic carbocycles. The van der Waals surface area contributed by atoms with Gasteiger partial charge in [0.1, 0.15) is 5.82 Å². The van der Waals surface area contributed by atoms with Crippen molar-refractivity contribution in [2.24, 2.45) is 0 Å². The van der Waals surface area contributed by atoms with Crippen LogP contribution in [0.15, 0.2) is 18.2 Å². The number of esters is 1. The molecule has 0 aromatic heterocycles. The van der Waals surface area contributed by atoms with Crippen molar-refractivity contribution in [3.63, 3.8) is 0 Å². The van der Waals surface area contributed by atoms with Gasteiger partial charge in [-0.3, -0.25) is 0 Å². The van der Waals surface area contributed by atoms with Crippen LogP contribution in [0.25, 0.3) is 0 Å². The lowest BCUT2D eigenvalue weighted by Gasteiger charge is -2.12. The van der Waals surface area contributed by atoms with Gasteiger partial charge in [0.2, 0.25) is 0 Å². The van der Waals surface area contributed by atoms with Gasteiger partial charge in [0.25, 0.3) is 0 Å². The molecule has 1 rings (SSSR count). The number of aliphatic hydroxyl groups excluding tert-OH is 1. The number of ether oxygens (including phenoxy) is 2. The van der Waals surface area contributed by atoms with Crippen LogP contribution < -0.4 is 0 Å². The number of benzene rings is 1. The maximum atomic E-state index is 13.9. The quantitative estimate of drug-likeness (QED) is 0.796. The van der Waals surface area contributed by atoms with Crippen molar-refractivity contribution in [1.82, 2.24) is 0 Å². The molecule has 0 fully saturated rings. The highest BCUT2D eigenvalue weighted by atomic mass is 19.1. The SMILES string of the molecule is CCOC(=O)C(O)c1cccc(COC)c1F. The van der Waals surface area contributed by atoms with Crippen LogP contribution in [0.4, 0.5) is 4.39 Å². The number of aliphatic hydroxyl groups is 1. The summed E-state index contributed by atoms with van der Waals surface area (Å²) in [5.41, 5.74) is 0.186. The second-order valence-electron chi connectivity index (χ2n) is 3.41. The molecule has 94 valence electrons. The summed E-state index contributed by atoms with van der Waals surface area (Å²) in [6, 6.07) is 4.42. The van der Waals surface area contributed by atoms with Crippen LogP contribution in [0, 0.1) is 5.82 Å². The van der Waals surface area contributed by atoms with E-state index in [9.17, 15) is 14.3 Å². The van der Waals surface area contributed by atoms with Gasteiger partial charge in [-0.25, -0.2) is 9.18 Å². The molecule has 1 N–H and O–H groups in total. The molecule has 1 aromatic rings. The third kappa shape index (κ3) is 3.25.